The molecule has 23 heavy (non-hydrogen) atoms. The zero-order chi connectivity index (χ0) is 16.3. The SMILES string of the molecule is CC(NS(=O)(=O)Cc1ccccc1)c1ccc2c(c1)OCCO2. The number of sulfonamides is 1. The monoisotopic (exact) mass is 333 g/mol. The molecule has 1 N–H and O–H groups in total. The molecule has 1 aliphatic rings. The van der Waals surface area contributed by atoms with Crippen molar-refractivity contribution < 1.29 is 17.9 Å². The van der Waals surface area contributed by atoms with Crippen molar-refractivity contribution in [1.29, 1.82) is 0 Å². The van der Waals surface area contributed by atoms with E-state index in [9.17, 15) is 8.42 Å². The van der Waals surface area contributed by atoms with Crippen LogP contribution in [-0.4, -0.2) is 21.6 Å². The van der Waals surface area contributed by atoms with E-state index in [1.165, 1.54) is 0 Å². The van der Waals surface area contributed by atoms with Gasteiger partial charge in [-0.25, -0.2) is 13.1 Å². The van der Waals surface area contributed by atoms with Crippen LogP contribution < -0.4 is 14.2 Å². The largest absolute Gasteiger partial charge is 0.486 e. The van der Waals surface area contributed by atoms with E-state index in [2.05, 4.69) is 4.72 Å². The van der Waals surface area contributed by atoms with Crippen molar-refractivity contribution >= 4 is 10.0 Å². The van der Waals surface area contributed by atoms with E-state index in [0.717, 1.165) is 11.1 Å². The van der Waals surface area contributed by atoms with Crippen LogP contribution in [0.1, 0.15) is 24.1 Å². The van der Waals surface area contributed by atoms with Gasteiger partial charge < -0.3 is 9.47 Å². The Bertz CT molecular complexity index is 774. The second kappa shape index (κ2) is 6.60. The van der Waals surface area contributed by atoms with Gasteiger partial charge in [0, 0.05) is 6.04 Å². The Morgan fingerprint density at radius 3 is 2.48 bits per heavy atom. The Hall–Kier alpha value is -2.05. The second-order valence-electron chi connectivity index (χ2n) is 5.49. The second-order valence-corrected chi connectivity index (χ2v) is 7.24. The van der Waals surface area contributed by atoms with E-state index < -0.39 is 10.0 Å². The normalized spacial score (nSPS) is 15.2. The molecule has 2 aromatic carbocycles. The third kappa shape index (κ3) is 4.03. The minimum absolute atomic E-state index is 0.0390. The fourth-order valence-corrected chi connectivity index (χ4v) is 3.89. The number of fused-ring (bicyclic) bond motifs is 1. The molecule has 0 saturated carbocycles. The molecule has 1 heterocycles. The molecule has 1 unspecified atom stereocenters. The van der Waals surface area contributed by atoms with Gasteiger partial charge in [0.2, 0.25) is 10.0 Å². The van der Waals surface area contributed by atoms with E-state index in [1.54, 1.807) is 12.1 Å². The molecule has 122 valence electrons. The molecule has 1 atom stereocenters. The Morgan fingerprint density at radius 2 is 1.74 bits per heavy atom. The summed E-state index contributed by atoms with van der Waals surface area (Å²) in [5.41, 5.74) is 1.60. The summed E-state index contributed by atoms with van der Waals surface area (Å²) in [6.07, 6.45) is 0. The van der Waals surface area contributed by atoms with Crippen LogP contribution in [-0.2, 0) is 15.8 Å². The van der Waals surface area contributed by atoms with Crippen molar-refractivity contribution in [2.75, 3.05) is 13.2 Å². The summed E-state index contributed by atoms with van der Waals surface area (Å²) in [6.45, 7) is 2.85. The Kier molecular flexibility index (Phi) is 4.54. The van der Waals surface area contributed by atoms with Crippen LogP contribution in [0, 0.1) is 0 Å². The standard InChI is InChI=1S/C17H19NO4S/c1-13(15-7-8-16-17(11-15)22-10-9-21-16)18-23(19,20)12-14-5-3-2-4-6-14/h2-8,11,13,18H,9-10,12H2,1H3. The molecule has 3 rings (SSSR count). The molecule has 0 radical (unpaired) electrons. The lowest BCUT2D eigenvalue weighted by Crippen LogP contribution is -2.28. The van der Waals surface area contributed by atoms with Gasteiger partial charge in [0.1, 0.15) is 13.2 Å². The highest BCUT2D eigenvalue weighted by Gasteiger charge is 2.19. The molecule has 0 bridgehead atoms. The fraction of sp³-hybridized carbons (Fsp3) is 0.294. The van der Waals surface area contributed by atoms with E-state index in [4.69, 9.17) is 9.47 Å². The zero-order valence-corrected chi connectivity index (χ0v) is 13.7. The highest BCUT2D eigenvalue weighted by Crippen LogP contribution is 2.32. The first kappa shape index (κ1) is 15.8. The molecule has 0 aromatic heterocycles. The van der Waals surface area contributed by atoms with Crippen molar-refractivity contribution in [3.8, 4) is 11.5 Å². The van der Waals surface area contributed by atoms with Gasteiger partial charge in [-0.2, -0.15) is 0 Å². The Morgan fingerprint density at radius 1 is 1.04 bits per heavy atom. The highest BCUT2D eigenvalue weighted by molar-refractivity contribution is 7.88. The van der Waals surface area contributed by atoms with E-state index >= 15 is 0 Å². The first-order valence-electron chi connectivity index (χ1n) is 7.47. The summed E-state index contributed by atoms with van der Waals surface area (Å²) in [7, 11) is -3.43. The van der Waals surface area contributed by atoms with Gasteiger partial charge in [-0.1, -0.05) is 36.4 Å². The molecule has 0 saturated heterocycles. The average Bonchev–Trinajstić information content (AvgIpc) is 2.54. The molecule has 5 nitrogen and oxygen atoms in total. The van der Waals surface area contributed by atoms with Crippen molar-refractivity contribution in [1.82, 2.24) is 4.72 Å². The van der Waals surface area contributed by atoms with Crippen molar-refractivity contribution in [3.63, 3.8) is 0 Å². The molecule has 0 fully saturated rings. The van der Waals surface area contributed by atoms with Crippen molar-refractivity contribution in [2.45, 2.75) is 18.7 Å². The first-order chi connectivity index (χ1) is 11.0. The van der Waals surface area contributed by atoms with Gasteiger partial charge in [0.25, 0.3) is 0 Å². The van der Waals surface area contributed by atoms with Gasteiger partial charge in [-0.3, -0.25) is 0 Å². The lowest BCUT2D eigenvalue weighted by atomic mass is 10.1. The fourth-order valence-electron chi connectivity index (χ4n) is 2.50. The quantitative estimate of drug-likeness (QED) is 0.913. The van der Waals surface area contributed by atoms with Crippen LogP contribution in [0.3, 0.4) is 0 Å². The number of benzene rings is 2. The smallest absolute Gasteiger partial charge is 0.216 e. The van der Waals surface area contributed by atoms with Crippen molar-refractivity contribution in [2.24, 2.45) is 0 Å². The van der Waals surface area contributed by atoms with Crippen LogP contribution in [0.15, 0.2) is 48.5 Å². The van der Waals surface area contributed by atoms with E-state index in [0.29, 0.717) is 24.7 Å². The zero-order valence-electron chi connectivity index (χ0n) is 12.9. The molecule has 2 aromatic rings. The van der Waals surface area contributed by atoms with Crippen LogP contribution in [0.25, 0.3) is 0 Å². The maximum atomic E-state index is 12.3. The third-order valence-electron chi connectivity index (χ3n) is 3.62. The summed E-state index contributed by atoms with van der Waals surface area (Å²) in [6, 6.07) is 14.3. The number of nitrogens with one attached hydrogen (secondary N) is 1. The summed E-state index contributed by atoms with van der Waals surface area (Å²) in [5, 5.41) is 0. The van der Waals surface area contributed by atoms with Gasteiger partial charge >= 0.3 is 0 Å². The first-order valence-corrected chi connectivity index (χ1v) is 9.12. The summed E-state index contributed by atoms with van der Waals surface area (Å²) < 4.78 is 38.3. The summed E-state index contributed by atoms with van der Waals surface area (Å²) in [5.74, 6) is 1.31. The van der Waals surface area contributed by atoms with E-state index in [-0.39, 0.29) is 11.8 Å². The predicted octanol–water partition coefficient (Wildman–Crippen LogP) is 2.64. The number of ether oxygens (including phenoxy) is 2. The number of hydrogen-bond acceptors (Lipinski definition) is 4. The van der Waals surface area contributed by atoms with Crippen LogP contribution in [0.4, 0.5) is 0 Å². The molecular formula is C17H19NO4S. The Labute approximate surface area is 136 Å². The van der Waals surface area contributed by atoms with Gasteiger partial charge in [0.05, 0.1) is 5.75 Å². The third-order valence-corrected chi connectivity index (χ3v) is 5.05. The minimum Gasteiger partial charge on any atom is -0.486 e. The van der Waals surface area contributed by atoms with Crippen LogP contribution >= 0.6 is 0 Å². The topological polar surface area (TPSA) is 64.6 Å². The molecule has 0 amide bonds. The predicted molar refractivity (Wildman–Crippen MR) is 88.0 cm³/mol. The molecule has 0 spiro atoms. The van der Waals surface area contributed by atoms with Crippen molar-refractivity contribution in [3.05, 3.63) is 59.7 Å². The number of rotatable bonds is 5. The van der Waals surface area contributed by atoms with E-state index in [1.807, 2.05) is 43.3 Å². The summed E-state index contributed by atoms with van der Waals surface area (Å²) in [4.78, 5) is 0. The molecule has 1 aliphatic heterocycles. The minimum atomic E-state index is -3.43. The summed E-state index contributed by atoms with van der Waals surface area (Å²) >= 11 is 0. The molecule has 6 heteroatoms. The maximum Gasteiger partial charge on any atom is 0.216 e. The van der Waals surface area contributed by atoms with Gasteiger partial charge in [-0.15, -0.1) is 0 Å². The molecular weight excluding hydrogens is 314 g/mol. The molecule has 0 aliphatic carbocycles. The van der Waals surface area contributed by atoms with Gasteiger partial charge in [0.15, 0.2) is 11.5 Å². The lowest BCUT2D eigenvalue weighted by molar-refractivity contribution is 0.171. The lowest BCUT2D eigenvalue weighted by Gasteiger charge is -2.21. The van der Waals surface area contributed by atoms with Gasteiger partial charge in [-0.05, 0) is 30.2 Å². The highest BCUT2D eigenvalue weighted by atomic mass is 32.2. The maximum absolute atomic E-state index is 12.3. The van der Waals surface area contributed by atoms with Crippen LogP contribution in [0.5, 0.6) is 11.5 Å². The van der Waals surface area contributed by atoms with Crippen LogP contribution in [0.2, 0.25) is 0 Å². The number of hydrogen-bond donors (Lipinski definition) is 1. The average molecular weight is 333 g/mol. The Balaban J connectivity index is 1.72.